The molecule has 0 saturated carbocycles. The standard InChI is InChI=1S/C12H14BrCl2NO/c1-7(2)11(15)6-16-12(17)9-4-3-8(14)5-10(9)13/h3-5,7,11H,6H2,1-2H3,(H,16,17). The Balaban J connectivity index is 2.64. The molecule has 1 amide bonds. The van der Waals surface area contributed by atoms with Crippen LogP contribution in [0.25, 0.3) is 0 Å². The second-order valence-corrected chi connectivity index (χ2v) is 5.95. The minimum absolute atomic E-state index is 0.0648. The highest BCUT2D eigenvalue weighted by molar-refractivity contribution is 9.10. The van der Waals surface area contributed by atoms with Gasteiger partial charge in [-0.15, -0.1) is 11.6 Å². The van der Waals surface area contributed by atoms with Crippen LogP contribution in [-0.4, -0.2) is 17.8 Å². The molecule has 2 nitrogen and oxygen atoms in total. The van der Waals surface area contributed by atoms with Gasteiger partial charge in [-0.2, -0.15) is 0 Å². The lowest BCUT2D eigenvalue weighted by Gasteiger charge is -2.14. The lowest BCUT2D eigenvalue weighted by Crippen LogP contribution is -2.32. The second kappa shape index (κ2) is 6.62. The minimum Gasteiger partial charge on any atom is -0.351 e. The first-order valence-corrected chi connectivity index (χ1v) is 6.90. The highest BCUT2D eigenvalue weighted by Gasteiger charge is 2.14. The summed E-state index contributed by atoms with van der Waals surface area (Å²) >= 11 is 15.2. The molecule has 0 spiro atoms. The summed E-state index contributed by atoms with van der Waals surface area (Å²) in [5, 5.41) is 3.32. The zero-order chi connectivity index (χ0) is 13.0. The molecule has 0 aliphatic rings. The van der Waals surface area contributed by atoms with Crippen LogP contribution in [-0.2, 0) is 0 Å². The minimum atomic E-state index is -0.153. The Bertz CT molecular complexity index is 409. The van der Waals surface area contributed by atoms with Gasteiger partial charge < -0.3 is 5.32 Å². The van der Waals surface area contributed by atoms with Gasteiger partial charge in [0.25, 0.3) is 5.91 Å². The van der Waals surface area contributed by atoms with E-state index < -0.39 is 0 Å². The Hall–Kier alpha value is -0.250. The molecule has 94 valence electrons. The van der Waals surface area contributed by atoms with Gasteiger partial charge in [0.1, 0.15) is 0 Å². The summed E-state index contributed by atoms with van der Waals surface area (Å²) in [6.45, 7) is 4.48. The number of carbonyl (C=O) groups is 1. The molecule has 1 rings (SSSR count). The van der Waals surface area contributed by atoms with E-state index >= 15 is 0 Å². The van der Waals surface area contributed by atoms with Gasteiger partial charge in [-0.1, -0.05) is 25.4 Å². The zero-order valence-corrected chi connectivity index (χ0v) is 12.7. The van der Waals surface area contributed by atoms with E-state index in [1.807, 2.05) is 13.8 Å². The van der Waals surface area contributed by atoms with Gasteiger partial charge in [-0.3, -0.25) is 4.79 Å². The maximum atomic E-state index is 11.9. The molecule has 0 radical (unpaired) electrons. The zero-order valence-electron chi connectivity index (χ0n) is 9.64. The molecule has 1 aromatic rings. The quantitative estimate of drug-likeness (QED) is 0.823. The fraction of sp³-hybridized carbons (Fsp3) is 0.417. The van der Waals surface area contributed by atoms with Crippen LogP contribution in [0.2, 0.25) is 5.02 Å². The van der Waals surface area contributed by atoms with Crippen molar-refractivity contribution in [2.24, 2.45) is 5.92 Å². The van der Waals surface area contributed by atoms with Crippen molar-refractivity contribution in [2.75, 3.05) is 6.54 Å². The number of rotatable bonds is 4. The second-order valence-electron chi connectivity index (χ2n) is 4.09. The predicted octanol–water partition coefficient (Wildman–Crippen LogP) is 4.10. The van der Waals surface area contributed by atoms with Crippen molar-refractivity contribution < 1.29 is 4.79 Å². The summed E-state index contributed by atoms with van der Waals surface area (Å²) in [4.78, 5) is 11.9. The van der Waals surface area contributed by atoms with Gasteiger partial charge in [0.15, 0.2) is 0 Å². The van der Waals surface area contributed by atoms with E-state index in [9.17, 15) is 4.79 Å². The third kappa shape index (κ3) is 4.49. The van der Waals surface area contributed by atoms with E-state index in [2.05, 4.69) is 21.2 Å². The number of hydrogen-bond acceptors (Lipinski definition) is 1. The molecule has 1 atom stereocenters. The van der Waals surface area contributed by atoms with Crippen LogP contribution in [0.5, 0.6) is 0 Å². The molecular weight excluding hydrogens is 325 g/mol. The first kappa shape index (κ1) is 14.8. The van der Waals surface area contributed by atoms with Crippen molar-refractivity contribution in [1.82, 2.24) is 5.32 Å². The lowest BCUT2D eigenvalue weighted by atomic mass is 10.1. The molecule has 17 heavy (non-hydrogen) atoms. The fourth-order valence-electron chi connectivity index (χ4n) is 1.19. The summed E-state index contributed by atoms with van der Waals surface area (Å²) in [6.07, 6.45) is 0. The number of halogens is 3. The number of benzene rings is 1. The van der Waals surface area contributed by atoms with Crippen molar-refractivity contribution in [2.45, 2.75) is 19.2 Å². The summed E-state index contributed by atoms with van der Waals surface area (Å²) < 4.78 is 0.679. The molecule has 5 heteroatoms. The van der Waals surface area contributed by atoms with Crippen LogP contribution < -0.4 is 5.32 Å². The number of hydrogen-bond donors (Lipinski definition) is 1. The Morgan fingerprint density at radius 3 is 2.65 bits per heavy atom. The van der Waals surface area contributed by atoms with Gasteiger partial charge in [-0.25, -0.2) is 0 Å². The van der Waals surface area contributed by atoms with E-state index in [4.69, 9.17) is 23.2 Å². The Morgan fingerprint density at radius 1 is 1.47 bits per heavy atom. The monoisotopic (exact) mass is 337 g/mol. The summed E-state index contributed by atoms with van der Waals surface area (Å²) in [5.74, 6) is 0.172. The highest BCUT2D eigenvalue weighted by Crippen LogP contribution is 2.21. The molecule has 1 unspecified atom stereocenters. The Labute approximate surface area is 120 Å². The molecule has 1 aromatic carbocycles. The molecule has 1 N–H and O–H groups in total. The van der Waals surface area contributed by atoms with Gasteiger partial charge >= 0.3 is 0 Å². The van der Waals surface area contributed by atoms with Gasteiger partial charge in [0.2, 0.25) is 0 Å². The molecule has 0 fully saturated rings. The largest absolute Gasteiger partial charge is 0.351 e. The maximum absolute atomic E-state index is 11.9. The summed E-state index contributed by atoms with van der Waals surface area (Å²) in [6, 6.07) is 5.05. The Morgan fingerprint density at radius 2 is 2.12 bits per heavy atom. The van der Waals surface area contributed by atoms with E-state index in [-0.39, 0.29) is 11.3 Å². The molecule has 0 aliphatic carbocycles. The topological polar surface area (TPSA) is 29.1 Å². The average Bonchev–Trinajstić information content (AvgIpc) is 2.25. The molecule has 0 aliphatic heterocycles. The predicted molar refractivity (Wildman–Crippen MR) is 76.0 cm³/mol. The van der Waals surface area contributed by atoms with E-state index in [1.165, 1.54) is 0 Å². The van der Waals surface area contributed by atoms with Gasteiger partial charge in [0.05, 0.1) is 10.9 Å². The van der Waals surface area contributed by atoms with Crippen LogP contribution in [0.1, 0.15) is 24.2 Å². The van der Waals surface area contributed by atoms with Gasteiger partial charge in [0, 0.05) is 16.0 Å². The van der Waals surface area contributed by atoms with E-state index in [0.29, 0.717) is 27.5 Å². The number of nitrogens with one attached hydrogen (secondary N) is 1. The normalized spacial score (nSPS) is 12.6. The van der Waals surface area contributed by atoms with Crippen LogP contribution in [0, 0.1) is 5.92 Å². The number of carbonyl (C=O) groups excluding carboxylic acids is 1. The van der Waals surface area contributed by atoms with Gasteiger partial charge in [-0.05, 0) is 40.0 Å². The van der Waals surface area contributed by atoms with Crippen LogP contribution in [0.4, 0.5) is 0 Å². The molecule has 0 heterocycles. The highest BCUT2D eigenvalue weighted by atomic mass is 79.9. The maximum Gasteiger partial charge on any atom is 0.252 e. The average molecular weight is 339 g/mol. The SMILES string of the molecule is CC(C)C(Cl)CNC(=O)c1ccc(Cl)cc1Br. The van der Waals surface area contributed by atoms with Crippen LogP contribution in [0.15, 0.2) is 22.7 Å². The number of alkyl halides is 1. The van der Waals surface area contributed by atoms with Crippen LogP contribution >= 0.6 is 39.1 Å². The van der Waals surface area contributed by atoms with E-state index in [0.717, 1.165) is 0 Å². The Kier molecular flexibility index (Phi) is 5.77. The van der Waals surface area contributed by atoms with Crippen LogP contribution in [0.3, 0.4) is 0 Å². The fourth-order valence-corrected chi connectivity index (χ4v) is 2.13. The third-order valence-corrected chi connectivity index (χ3v) is 3.91. The summed E-state index contributed by atoms with van der Waals surface area (Å²) in [7, 11) is 0. The first-order chi connectivity index (χ1) is 7.91. The lowest BCUT2D eigenvalue weighted by molar-refractivity contribution is 0.0951. The van der Waals surface area contributed by atoms with Crippen molar-refractivity contribution in [3.05, 3.63) is 33.3 Å². The molecule has 0 saturated heterocycles. The first-order valence-electron chi connectivity index (χ1n) is 5.29. The van der Waals surface area contributed by atoms with E-state index in [1.54, 1.807) is 18.2 Å². The number of amides is 1. The molecular formula is C12H14BrCl2NO. The molecule has 0 bridgehead atoms. The third-order valence-electron chi connectivity index (χ3n) is 2.36. The smallest absolute Gasteiger partial charge is 0.252 e. The van der Waals surface area contributed by atoms with Crippen molar-refractivity contribution in [3.8, 4) is 0 Å². The van der Waals surface area contributed by atoms with Crippen molar-refractivity contribution in [1.29, 1.82) is 0 Å². The molecule has 0 aromatic heterocycles. The van der Waals surface area contributed by atoms with Crippen molar-refractivity contribution >= 4 is 45.0 Å². The van der Waals surface area contributed by atoms with Crippen molar-refractivity contribution in [3.63, 3.8) is 0 Å². The summed E-state index contributed by atoms with van der Waals surface area (Å²) in [5.41, 5.74) is 0.557.